The van der Waals surface area contributed by atoms with Gasteiger partial charge in [0.15, 0.2) is 0 Å². The standard InChI is InChI=1S/C26H33NO5/c1-4-5-14-30-20-15-22(28)25-21(17-26(2,3)32-23(25)16-20)27-13-9-12-24(29)31-18-19-10-7-6-8-11-19/h6-8,10-11,15-16,28H,4-5,9,12-14,17-18H2,1-3H3. The molecule has 0 amide bonds. The highest BCUT2D eigenvalue weighted by atomic mass is 16.5. The second kappa shape index (κ2) is 11.0. The van der Waals surface area contributed by atoms with E-state index in [1.807, 2.05) is 50.2 Å². The summed E-state index contributed by atoms with van der Waals surface area (Å²) in [5.74, 6) is 1.03. The number of benzene rings is 2. The predicted octanol–water partition coefficient (Wildman–Crippen LogP) is 5.44. The fourth-order valence-electron chi connectivity index (χ4n) is 3.57. The highest BCUT2D eigenvalue weighted by Gasteiger charge is 2.33. The Morgan fingerprint density at radius 2 is 1.97 bits per heavy atom. The Morgan fingerprint density at radius 3 is 2.72 bits per heavy atom. The lowest BCUT2D eigenvalue weighted by Crippen LogP contribution is -2.36. The van der Waals surface area contributed by atoms with E-state index in [1.165, 1.54) is 0 Å². The minimum atomic E-state index is -0.449. The Bertz CT molecular complexity index is 937. The van der Waals surface area contributed by atoms with E-state index in [9.17, 15) is 9.90 Å². The summed E-state index contributed by atoms with van der Waals surface area (Å²) in [5, 5.41) is 10.6. The summed E-state index contributed by atoms with van der Waals surface area (Å²) in [6.07, 6.45) is 3.43. The van der Waals surface area contributed by atoms with Crippen molar-refractivity contribution >= 4 is 11.7 Å². The molecule has 2 aromatic carbocycles. The van der Waals surface area contributed by atoms with Gasteiger partial charge in [-0.05, 0) is 32.3 Å². The molecule has 0 saturated heterocycles. The topological polar surface area (TPSA) is 77.4 Å². The van der Waals surface area contributed by atoms with Gasteiger partial charge >= 0.3 is 5.97 Å². The number of fused-ring (bicyclic) bond motifs is 1. The van der Waals surface area contributed by atoms with Crippen LogP contribution in [0.5, 0.6) is 17.2 Å². The molecule has 0 aliphatic carbocycles. The van der Waals surface area contributed by atoms with Crippen LogP contribution < -0.4 is 9.47 Å². The summed E-state index contributed by atoms with van der Waals surface area (Å²) in [4.78, 5) is 16.7. The molecule has 0 unspecified atom stereocenters. The van der Waals surface area contributed by atoms with E-state index in [2.05, 4.69) is 6.92 Å². The van der Waals surface area contributed by atoms with Crippen LogP contribution in [0.25, 0.3) is 0 Å². The van der Waals surface area contributed by atoms with Gasteiger partial charge in [-0.15, -0.1) is 0 Å². The molecule has 0 spiro atoms. The average Bonchev–Trinajstić information content (AvgIpc) is 2.75. The van der Waals surface area contributed by atoms with Gasteiger partial charge in [0.1, 0.15) is 29.5 Å². The van der Waals surface area contributed by atoms with Crippen molar-refractivity contribution in [1.29, 1.82) is 0 Å². The van der Waals surface area contributed by atoms with Gasteiger partial charge in [0.05, 0.1) is 17.9 Å². The molecule has 0 fully saturated rings. The number of aromatic hydroxyl groups is 1. The molecule has 1 heterocycles. The van der Waals surface area contributed by atoms with Gasteiger partial charge in [-0.1, -0.05) is 43.7 Å². The first-order valence-corrected chi connectivity index (χ1v) is 11.3. The molecule has 172 valence electrons. The summed E-state index contributed by atoms with van der Waals surface area (Å²) < 4.78 is 17.2. The third kappa shape index (κ3) is 6.74. The van der Waals surface area contributed by atoms with Crippen LogP contribution >= 0.6 is 0 Å². The van der Waals surface area contributed by atoms with Gasteiger partial charge in [-0.2, -0.15) is 0 Å². The molecule has 1 aliphatic heterocycles. The van der Waals surface area contributed by atoms with Gasteiger partial charge in [-0.25, -0.2) is 0 Å². The number of phenols is 1. The fourth-order valence-corrected chi connectivity index (χ4v) is 3.57. The normalized spacial score (nSPS) is 15.7. The van der Waals surface area contributed by atoms with Crippen molar-refractivity contribution in [2.24, 2.45) is 4.99 Å². The Hall–Kier alpha value is -3.02. The van der Waals surface area contributed by atoms with E-state index in [4.69, 9.17) is 19.2 Å². The Morgan fingerprint density at radius 1 is 1.19 bits per heavy atom. The first kappa shape index (κ1) is 23.6. The number of hydrogen-bond acceptors (Lipinski definition) is 6. The number of esters is 1. The van der Waals surface area contributed by atoms with Gasteiger partial charge in [0, 0.05) is 31.5 Å². The van der Waals surface area contributed by atoms with Gasteiger partial charge in [0.25, 0.3) is 0 Å². The lowest BCUT2D eigenvalue weighted by molar-refractivity contribution is -0.145. The van der Waals surface area contributed by atoms with E-state index in [0.29, 0.717) is 49.5 Å². The number of aliphatic imine (C=N–C) groups is 1. The molecular formula is C26H33NO5. The van der Waals surface area contributed by atoms with E-state index in [-0.39, 0.29) is 18.3 Å². The first-order valence-electron chi connectivity index (χ1n) is 11.3. The maximum atomic E-state index is 12.0. The number of hydrogen-bond donors (Lipinski definition) is 1. The molecule has 0 bridgehead atoms. The van der Waals surface area contributed by atoms with E-state index in [0.717, 1.165) is 24.1 Å². The van der Waals surface area contributed by atoms with Crippen molar-refractivity contribution in [2.75, 3.05) is 13.2 Å². The van der Waals surface area contributed by atoms with Gasteiger partial charge < -0.3 is 19.3 Å². The number of rotatable bonds is 10. The van der Waals surface area contributed by atoms with E-state index < -0.39 is 5.60 Å². The van der Waals surface area contributed by atoms with Crippen molar-refractivity contribution in [3.63, 3.8) is 0 Å². The van der Waals surface area contributed by atoms with E-state index >= 15 is 0 Å². The van der Waals surface area contributed by atoms with Gasteiger partial charge in [0.2, 0.25) is 0 Å². The zero-order valence-corrected chi connectivity index (χ0v) is 19.2. The number of carbonyl (C=O) groups excluding carboxylic acids is 1. The van der Waals surface area contributed by atoms with Crippen LogP contribution in [0, 0.1) is 0 Å². The minimum absolute atomic E-state index is 0.102. The van der Waals surface area contributed by atoms with Crippen LogP contribution in [0.4, 0.5) is 0 Å². The maximum Gasteiger partial charge on any atom is 0.306 e. The molecule has 3 rings (SSSR count). The zero-order chi connectivity index (χ0) is 23.0. The molecule has 2 aromatic rings. The SMILES string of the molecule is CCCCOc1cc(O)c2c(c1)OC(C)(C)CC2=NCCCC(=O)OCc1ccccc1. The van der Waals surface area contributed by atoms with Crippen molar-refractivity contribution in [2.45, 2.75) is 65.1 Å². The van der Waals surface area contributed by atoms with Crippen LogP contribution in [-0.4, -0.2) is 35.5 Å². The number of ether oxygens (including phenoxy) is 3. The second-order valence-electron chi connectivity index (χ2n) is 8.63. The molecule has 0 saturated carbocycles. The molecule has 0 radical (unpaired) electrons. The van der Waals surface area contributed by atoms with Crippen molar-refractivity contribution < 1.29 is 24.1 Å². The highest BCUT2D eigenvalue weighted by Crippen LogP contribution is 2.41. The molecule has 1 aliphatic rings. The van der Waals surface area contributed by atoms with Crippen LogP contribution in [-0.2, 0) is 16.1 Å². The van der Waals surface area contributed by atoms with Crippen molar-refractivity contribution in [1.82, 2.24) is 0 Å². The number of carbonyl (C=O) groups is 1. The third-order valence-electron chi connectivity index (χ3n) is 5.17. The first-order chi connectivity index (χ1) is 15.4. The summed E-state index contributed by atoms with van der Waals surface area (Å²) in [6.45, 7) is 7.44. The number of unbranched alkanes of at least 4 members (excludes halogenated alkanes) is 1. The molecular weight excluding hydrogens is 406 g/mol. The quantitative estimate of drug-likeness (QED) is 0.394. The molecule has 6 heteroatoms. The molecule has 1 N–H and O–H groups in total. The Kier molecular flexibility index (Phi) is 8.14. The van der Waals surface area contributed by atoms with Gasteiger partial charge in [-0.3, -0.25) is 9.79 Å². The Labute approximate surface area is 190 Å². The maximum absolute atomic E-state index is 12.0. The van der Waals surface area contributed by atoms with Crippen molar-refractivity contribution in [3.05, 3.63) is 53.6 Å². The summed E-state index contributed by atoms with van der Waals surface area (Å²) >= 11 is 0. The lowest BCUT2D eigenvalue weighted by Gasteiger charge is -2.34. The van der Waals surface area contributed by atoms with Crippen LogP contribution in [0.2, 0.25) is 0 Å². The van der Waals surface area contributed by atoms with Crippen molar-refractivity contribution in [3.8, 4) is 17.2 Å². The van der Waals surface area contributed by atoms with E-state index in [1.54, 1.807) is 6.07 Å². The predicted molar refractivity (Wildman–Crippen MR) is 125 cm³/mol. The summed E-state index contributed by atoms with van der Waals surface area (Å²) in [7, 11) is 0. The summed E-state index contributed by atoms with van der Waals surface area (Å²) in [5.41, 5.74) is 1.91. The van der Waals surface area contributed by atoms with Crippen LogP contribution in [0.15, 0.2) is 47.5 Å². The number of phenolic OH excluding ortho intramolecular Hbond substituents is 1. The molecule has 0 atom stereocenters. The molecule has 6 nitrogen and oxygen atoms in total. The number of nitrogens with zero attached hydrogens (tertiary/aromatic N) is 1. The highest BCUT2D eigenvalue weighted by molar-refractivity contribution is 6.06. The second-order valence-corrected chi connectivity index (χ2v) is 8.63. The fraction of sp³-hybridized carbons (Fsp3) is 0.462. The van der Waals surface area contributed by atoms with Crippen LogP contribution in [0.3, 0.4) is 0 Å². The largest absolute Gasteiger partial charge is 0.507 e. The summed E-state index contributed by atoms with van der Waals surface area (Å²) in [6, 6.07) is 13.1. The molecule has 32 heavy (non-hydrogen) atoms. The zero-order valence-electron chi connectivity index (χ0n) is 19.2. The third-order valence-corrected chi connectivity index (χ3v) is 5.17. The minimum Gasteiger partial charge on any atom is -0.507 e. The van der Waals surface area contributed by atoms with Crippen LogP contribution in [0.1, 0.15) is 64.0 Å². The monoisotopic (exact) mass is 439 g/mol. The lowest BCUT2D eigenvalue weighted by atomic mass is 9.91. The smallest absolute Gasteiger partial charge is 0.306 e. The average molecular weight is 440 g/mol. The Balaban J connectivity index is 1.60. The molecule has 0 aromatic heterocycles.